The Bertz CT molecular complexity index is 627. The van der Waals surface area contributed by atoms with Gasteiger partial charge in [-0.3, -0.25) is 0 Å². The van der Waals surface area contributed by atoms with Crippen LogP contribution >= 0.6 is 11.3 Å². The molecule has 0 atom stereocenters. The molecule has 0 aliphatic rings. The van der Waals surface area contributed by atoms with E-state index in [1.165, 1.54) is 11.1 Å². The molecule has 0 spiro atoms. The van der Waals surface area contributed by atoms with Crippen LogP contribution in [0.2, 0.25) is 0 Å². The standard InChI is InChI=1S/C14H14N2O4S/c1-16(8-12-15-7-11(21-12)13(17)18)14(19)20-9-10-5-3-2-4-6-10/h2-7H,8-9H2,1H3,(H,17,18). The summed E-state index contributed by atoms with van der Waals surface area (Å²) in [5.74, 6) is -1.02. The van der Waals surface area contributed by atoms with Crippen molar-refractivity contribution in [3.63, 3.8) is 0 Å². The summed E-state index contributed by atoms with van der Waals surface area (Å²) >= 11 is 1.04. The van der Waals surface area contributed by atoms with E-state index < -0.39 is 12.1 Å². The number of hydrogen-bond donors (Lipinski definition) is 1. The molecule has 0 aliphatic heterocycles. The summed E-state index contributed by atoms with van der Waals surface area (Å²) in [6, 6.07) is 9.37. The lowest BCUT2D eigenvalue weighted by atomic mass is 10.2. The third-order valence-corrected chi connectivity index (χ3v) is 3.62. The Labute approximate surface area is 125 Å². The summed E-state index contributed by atoms with van der Waals surface area (Å²) in [6.07, 6.45) is 0.803. The number of carbonyl (C=O) groups is 2. The first-order valence-corrected chi connectivity index (χ1v) is 6.97. The Balaban J connectivity index is 1.85. The number of carboxylic acid groups (broad SMARTS) is 1. The summed E-state index contributed by atoms with van der Waals surface area (Å²) in [5, 5.41) is 9.36. The SMILES string of the molecule is CN(Cc1ncc(C(=O)O)s1)C(=O)OCc1ccccc1. The van der Waals surface area contributed by atoms with Crippen molar-refractivity contribution in [1.82, 2.24) is 9.88 Å². The molecule has 1 aromatic carbocycles. The van der Waals surface area contributed by atoms with E-state index in [2.05, 4.69) is 4.98 Å². The number of rotatable bonds is 5. The molecule has 0 saturated carbocycles. The first kappa shape index (κ1) is 15.0. The Morgan fingerprint density at radius 2 is 2.05 bits per heavy atom. The number of hydrogen-bond acceptors (Lipinski definition) is 5. The van der Waals surface area contributed by atoms with E-state index in [0.717, 1.165) is 16.9 Å². The summed E-state index contributed by atoms with van der Waals surface area (Å²) in [7, 11) is 1.58. The fourth-order valence-corrected chi connectivity index (χ4v) is 2.39. The number of nitrogens with zero attached hydrogens (tertiary/aromatic N) is 2. The summed E-state index contributed by atoms with van der Waals surface area (Å²) in [6.45, 7) is 0.411. The third kappa shape index (κ3) is 4.28. The molecule has 1 N–H and O–H groups in total. The molecular weight excluding hydrogens is 292 g/mol. The van der Waals surface area contributed by atoms with Crippen LogP contribution in [-0.2, 0) is 17.9 Å². The van der Waals surface area contributed by atoms with Crippen molar-refractivity contribution in [3.05, 3.63) is 52.0 Å². The van der Waals surface area contributed by atoms with Crippen LogP contribution in [0.3, 0.4) is 0 Å². The van der Waals surface area contributed by atoms with E-state index in [-0.39, 0.29) is 18.0 Å². The van der Waals surface area contributed by atoms with Gasteiger partial charge in [0.05, 0.1) is 12.7 Å². The van der Waals surface area contributed by atoms with Gasteiger partial charge in [-0.25, -0.2) is 14.6 Å². The molecule has 0 saturated heterocycles. The predicted octanol–water partition coefficient (Wildman–Crippen LogP) is 2.61. The highest BCUT2D eigenvalue weighted by atomic mass is 32.1. The fourth-order valence-electron chi connectivity index (χ4n) is 1.58. The Morgan fingerprint density at radius 1 is 1.33 bits per heavy atom. The van der Waals surface area contributed by atoms with Crippen LogP contribution in [-0.4, -0.2) is 34.1 Å². The van der Waals surface area contributed by atoms with E-state index in [0.29, 0.717) is 5.01 Å². The lowest BCUT2D eigenvalue weighted by molar-refractivity contribution is 0.0701. The zero-order chi connectivity index (χ0) is 15.2. The van der Waals surface area contributed by atoms with Crippen LogP contribution in [0.5, 0.6) is 0 Å². The van der Waals surface area contributed by atoms with Crippen LogP contribution in [0, 0.1) is 0 Å². The molecule has 6 nitrogen and oxygen atoms in total. The second-order valence-corrected chi connectivity index (χ2v) is 5.43. The maximum absolute atomic E-state index is 11.8. The Kier molecular flexibility index (Phi) is 4.89. The molecule has 0 radical (unpaired) electrons. The minimum atomic E-state index is -1.02. The second kappa shape index (κ2) is 6.85. The van der Waals surface area contributed by atoms with Crippen LogP contribution in [0.1, 0.15) is 20.2 Å². The molecule has 0 fully saturated rings. The maximum atomic E-state index is 11.8. The summed E-state index contributed by atoms with van der Waals surface area (Å²) < 4.78 is 5.16. The second-order valence-electron chi connectivity index (χ2n) is 4.32. The normalized spacial score (nSPS) is 10.1. The van der Waals surface area contributed by atoms with Gasteiger partial charge in [0.1, 0.15) is 16.5 Å². The number of aromatic carboxylic acids is 1. The number of thiazole rings is 1. The summed E-state index contributed by atoms with van der Waals surface area (Å²) in [5.41, 5.74) is 0.904. The number of aromatic nitrogens is 1. The zero-order valence-corrected chi connectivity index (χ0v) is 12.2. The van der Waals surface area contributed by atoms with E-state index >= 15 is 0 Å². The van der Waals surface area contributed by atoms with Gasteiger partial charge in [0.2, 0.25) is 0 Å². The Hall–Kier alpha value is -2.41. The third-order valence-electron chi connectivity index (χ3n) is 2.65. The number of benzene rings is 1. The topological polar surface area (TPSA) is 79.7 Å². The van der Waals surface area contributed by atoms with E-state index in [1.54, 1.807) is 7.05 Å². The number of carboxylic acids is 1. The quantitative estimate of drug-likeness (QED) is 0.918. The minimum Gasteiger partial charge on any atom is -0.477 e. The van der Waals surface area contributed by atoms with Gasteiger partial charge < -0.3 is 14.7 Å². The van der Waals surface area contributed by atoms with Crippen molar-refractivity contribution < 1.29 is 19.4 Å². The van der Waals surface area contributed by atoms with E-state index in [4.69, 9.17) is 9.84 Å². The van der Waals surface area contributed by atoms with Gasteiger partial charge in [-0.2, -0.15) is 0 Å². The first-order valence-electron chi connectivity index (χ1n) is 6.16. The number of carbonyl (C=O) groups excluding carboxylic acids is 1. The average Bonchev–Trinajstić information content (AvgIpc) is 2.94. The van der Waals surface area contributed by atoms with Crippen molar-refractivity contribution in [2.75, 3.05) is 7.05 Å². The van der Waals surface area contributed by atoms with Gasteiger partial charge in [0, 0.05) is 7.05 Å². The molecule has 0 unspecified atom stereocenters. The average molecular weight is 306 g/mol. The fraction of sp³-hybridized carbons (Fsp3) is 0.214. The highest BCUT2D eigenvalue weighted by molar-refractivity contribution is 7.13. The summed E-state index contributed by atoms with van der Waals surface area (Å²) in [4.78, 5) is 28.1. The monoisotopic (exact) mass is 306 g/mol. The zero-order valence-electron chi connectivity index (χ0n) is 11.4. The molecule has 2 rings (SSSR count). The van der Waals surface area contributed by atoms with E-state index in [9.17, 15) is 9.59 Å². The highest BCUT2D eigenvalue weighted by Crippen LogP contribution is 2.15. The van der Waals surface area contributed by atoms with Gasteiger partial charge in [0.25, 0.3) is 0 Å². The number of ether oxygens (including phenoxy) is 1. The molecule has 0 aliphatic carbocycles. The van der Waals surface area contributed by atoms with Crippen molar-refractivity contribution in [2.24, 2.45) is 0 Å². The van der Waals surface area contributed by atoms with Gasteiger partial charge in [-0.05, 0) is 5.56 Å². The van der Waals surface area contributed by atoms with Gasteiger partial charge in [-0.15, -0.1) is 11.3 Å². The highest BCUT2D eigenvalue weighted by Gasteiger charge is 2.14. The molecular formula is C14H14N2O4S. The van der Waals surface area contributed by atoms with Crippen LogP contribution in [0.25, 0.3) is 0 Å². The van der Waals surface area contributed by atoms with E-state index in [1.807, 2.05) is 30.3 Å². The molecule has 0 bridgehead atoms. The smallest absolute Gasteiger partial charge is 0.410 e. The largest absolute Gasteiger partial charge is 0.477 e. The molecule has 2 aromatic rings. The van der Waals surface area contributed by atoms with Crippen molar-refractivity contribution >= 4 is 23.4 Å². The van der Waals surface area contributed by atoms with Crippen LogP contribution in [0.4, 0.5) is 4.79 Å². The molecule has 1 amide bonds. The van der Waals surface area contributed by atoms with Crippen LogP contribution < -0.4 is 0 Å². The predicted molar refractivity (Wildman–Crippen MR) is 77.2 cm³/mol. The van der Waals surface area contributed by atoms with Crippen molar-refractivity contribution in [2.45, 2.75) is 13.2 Å². The van der Waals surface area contributed by atoms with Gasteiger partial charge >= 0.3 is 12.1 Å². The van der Waals surface area contributed by atoms with Crippen molar-refractivity contribution in [1.29, 1.82) is 0 Å². The van der Waals surface area contributed by atoms with Gasteiger partial charge in [-0.1, -0.05) is 30.3 Å². The molecule has 1 aromatic heterocycles. The molecule has 110 valence electrons. The molecule has 1 heterocycles. The lowest BCUT2D eigenvalue weighted by Crippen LogP contribution is -2.26. The van der Waals surface area contributed by atoms with Gasteiger partial charge in [0.15, 0.2) is 0 Å². The Morgan fingerprint density at radius 3 is 2.67 bits per heavy atom. The molecule has 7 heteroatoms. The molecule has 21 heavy (non-hydrogen) atoms. The van der Waals surface area contributed by atoms with Crippen LogP contribution in [0.15, 0.2) is 36.5 Å². The first-order chi connectivity index (χ1) is 10.1. The lowest BCUT2D eigenvalue weighted by Gasteiger charge is -2.15. The number of amides is 1. The maximum Gasteiger partial charge on any atom is 0.410 e. The van der Waals surface area contributed by atoms with Crippen molar-refractivity contribution in [3.8, 4) is 0 Å². The minimum absolute atomic E-state index is 0.149.